The average Bonchev–Trinajstić information content (AvgIpc) is 2.89. The average molecular weight is 293 g/mol. The van der Waals surface area contributed by atoms with Crippen LogP contribution in [0.5, 0.6) is 0 Å². The summed E-state index contributed by atoms with van der Waals surface area (Å²) < 4.78 is 26.7. The van der Waals surface area contributed by atoms with E-state index in [0.717, 1.165) is 4.88 Å². The van der Waals surface area contributed by atoms with E-state index in [1.54, 1.807) is 0 Å². The fourth-order valence-electron chi connectivity index (χ4n) is 1.53. The molecule has 0 atom stereocenters. The Bertz CT molecular complexity index is 716. The first-order valence-electron chi connectivity index (χ1n) is 5.34. The Morgan fingerprint density at radius 1 is 1.37 bits per heavy atom. The van der Waals surface area contributed by atoms with Gasteiger partial charge in [-0.25, -0.2) is 13.1 Å². The molecule has 2 aromatic rings. The highest BCUT2D eigenvalue weighted by atomic mass is 32.2. The highest BCUT2D eigenvalue weighted by Crippen LogP contribution is 2.18. The minimum absolute atomic E-state index is 0.0404. The van der Waals surface area contributed by atoms with Crippen molar-refractivity contribution in [3.63, 3.8) is 0 Å². The molecule has 1 heterocycles. The van der Waals surface area contributed by atoms with Crippen molar-refractivity contribution < 1.29 is 8.42 Å². The van der Waals surface area contributed by atoms with Crippen LogP contribution in [0, 0.1) is 11.3 Å². The highest BCUT2D eigenvalue weighted by Gasteiger charge is 2.18. The van der Waals surface area contributed by atoms with Gasteiger partial charge in [-0.1, -0.05) is 6.07 Å². The predicted octanol–water partition coefficient (Wildman–Crippen LogP) is 1.68. The van der Waals surface area contributed by atoms with Crippen molar-refractivity contribution >= 4 is 27.0 Å². The van der Waals surface area contributed by atoms with Crippen molar-refractivity contribution in [2.24, 2.45) is 0 Å². The van der Waals surface area contributed by atoms with Gasteiger partial charge in [0.15, 0.2) is 0 Å². The first-order chi connectivity index (χ1) is 9.03. The lowest BCUT2D eigenvalue weighted by atomic mass is 10.2. The van der Waals surface area contributed by atoms with Crippen LogP contribution in [-0.4, -0.2) is 8.42 Å². The molecule has 0 fully saturated rings. The summed E-state index contributed by atoms with van der Waals surface area (Å²) in [5.74, 6) is 0. The third kappa shape index (κ3) is 3.12. The van der Waals surface area contributed by atoms with Crippen LogP contribution in [-0.2, 0) is 16.6 Å². The highest BCUT2D eigenvalue weighted by molar-refractivity contribution is 7.89. The molecule has 7 heteroatoms. The van der Waals surface area contributed by atoms with Crippen molar-refractivity contribution in [1.82, 2.24) is 4.72 Å². The van der Waals surface area contributed by atoms with E-state index in [2.05, 4.69) is 4.72 Å². The van der Waals surface area contributed by atoms with Gasteiger partial charge in [-0.3, -0.25) is 0 Å². The Labute approximate surface area is 115 Å². The Morgan fingerprint density at radius 2 is 2.16 bits per heavy atom. The number of nitrogens with one attached hydrogen (secondary N) is 1. The van der Waals surface area contributed by atoms with E-state index in [9.17, 15) is 8.42 Å². The first kappa shape index (κ1) is 13.5. The maximum Gasteiger partial charge on any atom is 0.242 e. The SMILES string of the molecule is N#Cc1cc(N)ccc1S(=O)(=O)NCc1cccs1. The van der Waals surface area contributed by atoms with Crippen LogP contribution in [0.15, 0.2) is 40.6 Å². The molecule has 1 aromatic carbocycles. The van der Waals surface area contributed by atoms with Crippen LogP contribution in [0.4, 0.5) is 5.69 Å². The summed E-state index contributed by atoms with van der Waals surface area (Å²) in [6.45, 7) is 0.204. The van der Waals surface area contributed by atoms with Gasteiger partial charge in [0.05, 0.1) is 10.5 Å². The summed E-state index contributed by atoms with van der Waals surface area (Å²) in [6, 6.07) is 9.66. The second kappa shape index (κ2) is 5.40. The second-order valence-electron chi connectivity index (χ2n) is 3.77. The van der Waals surface area contributed by atoms with E-state index in [0.29, 0.717) is 5.69 Å². The van der Waals surface area contributed by atoms with Gasteiger partial charge in [-0.05, 0) is 29.6 Å². The fraction of sp³-hybridized carbons (Fsp3) is 0.0833. The Morgan fingerprint density at radius 3 is 2.79 bits per heavy atom. The molecule has 0 unspecified atom stereocenters. The molecule has 98 valence electrons. The molecule has 0 saturated carbocycles. The van der Waals surface area contributed by atoms with Crippen LogP contribution in [0.25, 0.3) is 0 Å². The number of benzene rings is 1. The van der Waals surface area contributed by atoms with Gasteiger partial charge >= 0.3 is 0 Å². The van der Waals surface area contributed by atoms with Gasteiger partial charge in [-0.2, -0.15) is 5.26 Å². The van der Waals surface area contributed by atoms with Gasteiger partial charge in [0, 0.05) is 17.1 Å². The molecule has 0 radical (unpaired) electrons. The lowest BCUT2D eigenvalue weighted by molar-refractivity contribution is 0.581. The molecule has 0 aliphatic carbocycles. The summed E-state index contributed by atoms with van der Waals surface area (Å²) in [6.07, 6.45) is 0. The molecule has 0 bridgehead atoms. The number of hydrogen-bond acceptors (Lipinski definition) is 5. The van der Waals surface area contributed by atoms with Crippen molar-refractivity contribution in [2.75, 3.05) is 5.73 Å². The van der Waals surface area contributed by atoms with Crippen molar-refractivity contribution in [1.29, 1.82) is 5.26 Å². The Balaban J connectivity index is 2.27. The number of nitrogens with zero attached hydrogens (tertiary/aromatic N) is 1. The topological polar surface area (TPSA) is 96.0 Å². The first-order valence-corrected chi connectivity index (χ1v) is 7.71. The van der Waals surface area contributed by atoms with Crippen LogP contribution < -0.4 is 10.5 Å². The zero-order valence-electron chi connectivity index (χ0n) is 9.83. The molecule has 19 heavy (non-hydrogen) atoms. The van der Waals surface area contributed by atoms with Crippen LogP contribution in [0.3, 0.4) is 0 Å². The molecule has 0 saturated heterocycles. The summed E-state index contributed by atoms with van der Waals surface area (Å²) in [4.78, 5) is 0.846. The third-order valence-corrected chi connectivity index (χ3v) is 4.77. The number of thiophene rings is 1. The van der Waals surface area contributed by atoms with E-state index in [1.165, 1.54) is 29.5 Å². The van der Waals surface area contributed by atoms with Gasteiger partial charge in [-0.15, -0.1) is 11.3 Å². The van der Waals surface area contributed by atoms with E-state index < -0.39 is 10.0 Å². The number of hydrogen-bond donors (Lipinski definition) is 2. The van der Waals surface area contributed by atoms with Crippen LogP contribution >= 0.6 is 11.3 Å². The normalized spacial score (nSPS) is 11.1. The number of nitriles is 1. The number of anilines is 1. The van der Waals surface area contributed by atoms with Gasteiger partial charge < -0.3 is 5.73 Å². The molecule has 0 aliphatic rings. The maximum atomic E-state index is 12.1. The largest absolute Gasteiger partial charge is 0.399 e. The number of sulfonamides is 1. The molecule has 0 aliphatic heterocycles. The number of nitrogens with two attached hydrogens (primary N) is 1. The number of rotatable bonds is 4. The Hall–Kier alpha value is -1.88. The lowest BCUT2D eigenvalue weighted by Crippen LogP contribution is -2.23. The minimum atomic E-state index is -3.72. The van der Waals surface area contributed by atoms with Crippen molar-refractivity contribution in [3.05, 3.63) is 46.2 Å². The van der Waals surface area contributed by atoms with Gasteiger partial charge in [0.25, 0.3) is 0 Å². The maximum absolute atomic E-state index is 12.1. The van der Waals surface area contributed by atoms with Crippen molar-refractivity contribution in [2.45, 2.75) is 11.4 Å². The lowest BCUT2D eigenvalue weighted by Gasteiger charge is -2.07. The van der Waals surface area contributed by atoms with E-state index in [-0.39, 0.29) is 17.0 Å². The monoisotopic (exact) mass is 293 g/mol. The smallest absolute Gasteiger partial charge is 0.242 e. The molecule has 3 N–H and O–H groups in total. The third-order valence-electron chi connectivity index (χ3n) is 2.43. The quantitative estimate of drug-likeness (QED) is 0.838. The summed E-state index contributed by atoms with van der Waals surface area (Å²) in [7, 11) is -3.72. The zero-order valence-corrected chi connectivity index (χ0v) is 11.5. The molecular weight excluding hydrogens is 282 g/mol. The minimum Gasteiger partial charge on any atom is -0.399 e. The summed E-state index contributed by atoms with van der Waals surface area (Å²) in [5.41, 5.74) is 5.93. The zero-order chi connectivity index (χ0) is 13.9. The molecular formula is C12H11N3O2S2. The molecule has 0 amide bonds. The van der Waals surface area contributed by atoms with Crippen LogP contribution in [0.1, 0.15) is 10.4 Å². The number of nitrogen functional groups attached to an aromatic ring is 1. The molecule has 1 aromatic heterocycles. The molecule has 5 nitrogen and oxygen atoms in total. The van der Waals surface area contributed by atoms with E-state index in [1.807, 2.05) is 23.6 Å². The summed E-state index contributed by atoms with van der Waals surface area (Å²) >= 11 is 1.46. The standard InChI is InChI=1S/C12H11N3O2S2/c13-7-9-6-10(14)3-4-12(9)19(16,17)15-8-11-2-1-5-18-11/h1-6,15H,8,14H2. The fourth-order valence-corrected chi connectivity index (χ4v) is 3.40. The van der Waals surface area contributed by atoms with Crippen LogP contribution in [0.2, 0.25) is 0 Å². The molecule has 2 rings (SSSR count). The van der Waals surface area contributed by atoms with Gasteiger partial charge in [0.1, 0.15) is 6.07 Å². The predicted molar refractivity (Wildman–Crippen MR) is 73.9 cm³/mol. The van der Waals surface area contributed by atoms with E-state index in [4.69, 9.17) is 11.0 Å². The van der Waals surface area contributed by atoms with Crippen molar-refractivity contribution in [3.8, 4) is 6.07 Å². The summed E-state index contributed by atoms with van der Waals surface area (Å²) in [5, 5.41) is 10.8. The van der Waals surface area contributed by atoms with E-state index >= 15 is 0 Å². The Kier molecular flexibility index (Phi) is 3.85. The molecule has 0 spiro atoms. The van der Waals surface area contributed by atoms with Gasteiger partial charge in [0.2, 0.25) is 10.0 Å². The second-order valence-corrected chi connectivity index (χ2v) is 6.54.